The van der Waals surface area contributed by atoms with Gasteiger partial charge in [0.25, 0.3) is 0 Å². The third-order valence-electron chi connectivity index (χ3n) is 4.01. The Balaban J connectivity index is 1.66. The molecule has 1 aliphatic heterocycles. The zero-order valence-electron chi connectivity index (χ0n) is 14.1. The van der Waals surface area contributed by atoms with E-state index in [0.717, 1.165) is 4.90 Å². The van der Waals surface area contributed by atoms with Crippen molar-refractivity contribution >= 4 is 23.8 Å². The average Bonchev–Trinajstić information content (AvgIpc) is 3.21. The van der Waals surface area contributed by atoms with Gasteiger partial charge in [-0.3, -0.25) is 19.3 Å². The molecule has 0 N–H and O–H groups in total. The third kappa shape index (κ3) is 3.49. The molecule has 5 amide bonds. The minimum absolute atomic E-state index is 0.0167. The number of amides is 5. The molecule has 2 aromatic rings. The summed E-state index contributed by atoms with van der Waals surface area (Å²) in [5, 5.41) is 0. The first-order valence-corrected chi connectivity index (χ1v) is 7.95. The molecule has 2 heterocycles. The lowest BCUT2D eigenvalue weighted by Crippen LogP contribution is -2.41. The molecule has 26 heavy (non-hydrogen) atoms. The van der Waals surface area contributed by atoms with Gasteiger partial charge < -0.3 is 9.32 Å². The van der Waals surface area contributed by atoms with Crippen molar-refractivity contribution in [1.82, 2.24) is 14.7 Å². The number of likely N-dealkylation sites (N-methyl/N-ethyl adjacent to an activating group) is 1. The van der Waals surface area contributed by atoms with Crippen molar-refractivity contribution in [2.45, 2.75) is 13.1 Å². The molecule has 0 atom stereocenters. The summed E-state index contributed by atoms with van der Waals surface area (Å²) in [6.45, 7) is -0.313. The van der Waals surface area contributed by atoms with Gasteiger partial charge in [0.1, 0.15) is 12.3 Å². The highest BCUT2D eigenvalue weighted by Gasteiger charge is 2.45. The number of benzene rings is 1. The number of carbonyl (C=O) groups is 4. The Morgan fingerprint density at radius 2 is 1.69 bits per heavy atom. The van der Waals surface area contributed by atoms with Crippen LogP contribution in [0.25, 0.3) is 0 Å². The topological polar surface area (TPSA) is 91.1 Å². The van der Waals surface area contributed by atoms with Crippen LogP contribution in [0.1, 0.15) is 11.3 Å². The molecule has 0 unspecified atom stereocenters. The van der Waals surface area contributed by atoms with Gasteiger partial charge in [-0.05, 0) is 17.7 Å². The van der Waals surface area contributed by atoms with Crippen molar-refractivity contribution in [3.05, 3.63) is 60.1 Å². The summed E-state index contributed by atoms with van der Waals surface area (Å²) in [6.07, 6.45) is 1.49. The molecule has 1 fully saturated rings. The largest absolute Gasteiger partial charge is 0.467 e. The van der Waals surface area contributed by atoms with Crippen LogP contribution >= 0.6 is 0 Å². The van der Waals surface area contributed by atoms with E-state index in [2.05, 4.69) is 0 Å². The van der Waals surface area contributed by atoms with Crippen molar-refractivity contribution in [3.63, 3.8) is 0 Å². The van der Waals surface area contributed by atoms with Crippen molar-refractivity contribution in [2.24, 2.45) is 0 Å². The average molecular weight is 355 g/mol. The molecule has 1 aromatic carbocycles. The molecule has 8 heteroatoms. The van der Waals surface area contributed by atoms with Crippen LogP contribution in [0.4, 0.5) is 4.79 Å². The van der Waals surface area contributed by atoms with Crippen LogP contribution in [0.3, 0.4) is 0 Å². The summed E-state index contributed by atoms with van der Waals surface area (Å²) >= 11 is 0. The summed E-state index contributed by atoms with van der Waals surface area (Å²) in [4.78, 5) is 51.8. The van der Waals surface area contributed by atoms with Crippen LogP contribution in [0.2, 0.25) is 0 Å². The van der Waals surface area contributed by atoms with Crippen LogP contribution < -0.4 is 0 Å². The lowest BCUT2D eigenvalue weighted by atomic mass is 10.2. The molecule has 134 valence electrons. The fourth-order valence-corrected chi connectivity index (χ4v) is 2.58. The summed E-state index contributed by atoms with van der Waals surface area (Å²) in [5.74, 6) is -1.83. The minimum atomic E-state index is -0.995. The maximum atomic E-state index is 12.4. The molecule has 1 aromatic heterocycles. The molecule has 3 rings (SSSR count). The second kappa shape index (κ2) is 7.22. The molecule has 0 aliphatic carbocycles. The van der Waals surface area contributed by atoms with Gasteiger partial charge in [-0.15, -0.1) is 0 Å². The number of hydrogen-bond acceptors (Lipinski definition) is 5. The number of rotatable bonds is 6. The summed E-state index contributed by atoms with van der Waals surface area (Å²) in [5.41, 5.74) is 0.713. The predicted octanol–water partition coefficient (Wildman–Crippen LogP) is 1.23. The Morgan fingerprint density at radius 3 is 2.35 bits per heavy atom. The standard InChI is InChI=1S/C18H17N3O5/c1-19(11-14-8-5-9-26-14)15(22)12-21-17(24)16(23)20(18(21)25)10-13-6-3-2-4-7-13/h2-9H,10-12H2,1H3. The monoisotopic (exact) mass is 355 g/mol. The van der Waals surface area contributed by atoms with Gasteiger partial charge in [0.15, 0.2) is 0 Å². The van der Waals surface area contributed by atoms with Gasteiger partial charge in [0.2, 0.25) is 5.91 Å². The second-order valence-corrected chi connectivity index (χ2v) is 5.88. The van der Waals surface area contributed by atoms with Crippen molar-refractivity contribution in [1.29, 1.82) is 0 Å². The predicted molar refractivity (Wildman–Crippen MR) is 89.3 cm³/mol. The molecule has 8 nitrogen and oxygen atoms in total. The van der Waals surface area contributed by atoms with Gasteiger partial charge in [-0.25, -0.2) is 9.69 Å². The van der Waals surface area contributed by atoms with Gasteiger partial charge >= 0.3 is 17.8 Å². The van der Waals surface area contributed by atoms with E-state index in [1.165, 1.54) is 18.2 Å². The highest BCUT2D eigenvalue weighted by atomic mass is 16.3. The molecule has 0 spiro atoms. The highest BCUT2D eigenvalue weighted by molar-refractivity contribution is 6.44. The van der Waals surface area contributed by atoms with Gasteiger partial charge in [0, 0.05) is 7.05 Å². The van der Waals surface area contributed by atoms with E-state index in [1.807, 2.05) is 6.07 Å². The first kappa shape index (κ1) is 17.4. The second-order valence-electron chi connectivity index (χ2n) is 5.88. The van der Waals surface area contributed by atoms with E-state index in [1.54, 1.807) is 36.4 Å². The Kier molecular flexibility index (Phi) is 4.83. The minimum Gasteiger partial charge on any atom is -0.467 e. The SMILES string of the molecule is CN(Cc1ccco1)C(=O)CN1C(=O)C(=O)N(Cc2ccccc2)C1=O. The fourth-order valence-electron chi connectivity index (χ4n) is 2.58. The third-order valence-corrected chi connectivity index (χ3v) is 4.01. The highest BCUT2D eigenvalue weighted by Crippen LogP contribution is 2.16. The zero-order chi connectivity index (χ0) is 18.7. The lowest BCUT2D eigenvalue weighted by Gasteiger charge is -2.19. The van der Waals surface area contributed by atoms with Crippen LogP contribution in [0.15, 0.2) is 53.1 Å². The van der Waals surface area contributed by atoms with Gasteiger partial charge in [-0.2, -0.15) is 0 Å². The van der Waals surface area contributed by atoms with E-state index in [9.17, 15) is 19.2 Å². The molecular formula is C18H17N3O5. The quantitative estimate of drug-likeness (QED) is 0.574. The van der Waals surface area contributed by atoms with Crippen LogP contribution in [-0.4, -0.2) is 52.0 Å². The maximum Gasteiger partial charge on any atom is 0.335 e. The lowest BCUT2D eigenvalue weighted by molar-refractivity contribution is -0.145. The normalized spacial score (nSPS) is 14.3. The van der Waals surface area contributed by atoms with Gasteiger partial charge in [0.05, 0.1) is 19.4 Å². The van der Waals surface area contributed by atoms with Crippen LogP contribution in [0.5, 0.6) is 0 Å². The number of furan rings is 1. The Morgan fingerprint density at radius 1 is 1.00 bits per heavy atom. The number of hydrogen-bond donors (Lipinski definition) is 0. The number of nitrogens with zero attached hydrogens (tertiary/aromatic N) is 3. The smallest absolute Gasteiger partial charge is 0.335 e. The van der Waals surface area contributed by atoms with E-state index < -0.39 is 30.3 Å². The van der Waals surface area contributed by atoms with Crippen LogP contribution in [-0.2, 0) is 27.5 Å². The van der Waals surface area contributed by atoms with E-state index in [-0.39, 0.29) is 13.1 Å². The van der Waals surface area contributed by atoms with Gasteiger partial charge in [-0.1, -0.05) is 30.3 Å². The molecule has 0 radical (unpaired) electrons. The number of imide groups is 2. The summed E-state index contributed by atoms with van der Waals surface area (Å²) in [7, 11) is 1.53. The number of carbonyl (C=O) groups excluding carboxylic acids is 4. The maximum absolute atomic E-state index is 12.4. The summed E-state index contributed by atoms with van der Waals surface area (Å²) in [6, 6.07) is 11.5. The molecule has 1 aliphatic rings. The molecular weight excluding hydrogens is 338 g/mol. The van der Waals surface area contributed by atoms with E-state index in [0.29, 0.717) is 16.2 Å². The first-order valence-electron chi connectivity index (χ1n) is 7.95. The first-order chi connectivity index (χ1) is 12.5. The molecule has 1 saturated heterocycles. The van der Waals surface area contributed by atoms with E-state index >= 15 is 0 Å². The van der Waals surface area contributed by atoms with Crippen LogP contribution in [0, 0.1) is 0 Å². The van der Waals surface area contributed by atoms with Crippen molar-refractivity contribution in [3.8, 4) is 0 Å². The van der Waals surface area contributed by atoms with E-state index in [4.69, 9.17) is 4.42 Å². The number of urea groups is 1. The molecule has 0 saturated carbocycles. The Bertz CT molecular complexity index is 832. The zero-order valence-corrected chi connectivity index (χ0v) is 14.1. The van der Waals surface area contributed by atoms with Crippen molar-refractivity contribution in [2.75, 3.05) is 13.6 Å². The molecule has 0 bridgehead atoms. The Labute approximate surface area is 149 Å². The van der Waals surface area contributed by atoms with Crippen molar-refractivity contribution < 1.29 is 23.6 Å². The fraction of sp³-hybridized carbons (Fsp3) is 0.222. The Hall–Kier alpha value is -3.42. The summed E-state index contributed by atoms with van der Waals surface area (Å²) < 4.78 is 5.16.